The van der Waals surface area contributed by atoms with Crippen molar-refractivity contribution in [1.82, 2.24) is 4.98 Å². The van der Waals surface area contributed by atoms with E-state index < -0.39 is 28.3 Å². The Balaban J connectivity index is 1.30. The highest BCUT2D eigenvalue weighted by molar-refractivity contribution is 7.98. The molecule has 0 spiro atoms. The van der Waals surface area contributed by atoms with Crippen molar-refractivity contribution in [3.05, 3.63) is 112 Å². The van der Waals surface area contributed by atoms with Gasteiger partial charge in [0.2, 0.25) is 0 Å². The van der Waals surface area contributed by atoms with Gasteiger partial charge in [-0.25, -0.2) is 18.2 Å². The molecule has 0 aliphatic rings. The van der Waals surface area contributed by atoms with E-state index in [2.05, 4.69) is 10.3 Å². The number of aliphatic carboxylic acids is 1. The normalized spacial score (nSPS) is 11.4. The second kappa shape index (κ2) is 14.2. The van der Waals surface area contributed by atoms with E-state index in [-0.39, 0.29) is 22.1 Å². The first-order valence-electron chi connectivity index (χ1n) is 13.9. The van der Waals surface area contributed by atoms with Gasteiger partial charge < -0.3 is 19.6 Å². The molecule has 9 nitrogen and oxygen atoms in total. The molecule has 12 heteroatoms. The minimum atomic E-state index is -3.51. The summed E-state index contributed by atoms with van der Waals surface area (Å²) in [7, 11) is -3.51. The predicted molar refractivity (Wildman–Crippen MR) is 174 cm³/mol. The van der Waals surface area contributed by atoms with E-state index in [4.69, 9.17) is 25.9 Å². The fourth-order valence-electron chi connectivity index (χ4n) is 4.65. The molecule has 2 N–H and O–H groups in total. The van der Waals surface area contributed by atoms with Crippen LogP contribution in [0.3, 0.4) is 0 Å². The van der Waals surface area contributed by atoms with E-state index in [1.165, 1.54) is 36.0 Å². The zero-order valence-electron chi connectivity index (χ0n) is 24.2. The van der Waals surface area contributed by atoms with E-state index >= 15 is 0 Å². The number of amides is 1. The molecule has 4 aromatic carbocycles. The van der Waals surface area contributed by atoms with E-state index in [1.54, 1.807) is 30.3 Å². The summed E-state index contributed by atoms with van der Waals surface area (Å²) in [5, 5.41) is 12.9. The lowest BCUT2D eigenvalue weighted by Gasteiger charge is -2.15. The van der Waals surface area contributed by atoms with Crippen LogP contribution in [0.2, 0.25) is 5.02 Å². The number of hydrogen-bond donors (Lipinski definition) is 2. The lowest BCUT2D eigenvalue weighted by Crippen LogP contribution is -2.16. The second-order valence-corrected chi connectivity index (χ2v) is 13.7. The highest BCUT2D eigenvalue weighted by atomic mass is 35.5. The van der Waals surface area contributed by atoms with Crippen LogP contribution in [-0.4, -0.2) is 42.7 Å². The lowest BCUT2D eigenvalue weighted by atomic mass is 10.1. The molecule has 1 heterocycles. The Morgan fingerprint density at radius 1 is 1.02 bits per heavy atom. The number of benzene rings is 4. The number of oxazole rings is 1. The van der Waals surface area contributed by atoms with Crippen molar-refractivity contribution in [2.45, 2.75) is 35.6 Å². The molecule has 0 saturated heterocycles. The Morgan fingerprint density at radius 3 is 2.56 bits per heavy atom. The summed E-state index contributed by atoms with van der Waals surface area (Å²) in [4.78, 5) is 29.5. The van der Waals surface area contributed by atoms with Gasteiger partial charge in [0, 0.05) is 16.3 Å². The lowest BCUT2D eigenvalue weighted by molar-refractivity contribution is -0.139. The minimum Gasteiger partial charge on any atom is -0.480 e. The van der Waals surface area contributed by atoms with Gasteiger partial charge in [-0.2, -0.15) is 0 Å². The van der Waals surface area contributed by atoms with E-state index in [1.807, 2.05) is 37.3 Å². The maximum absolute atomic E-state index is 13.5. The number of aryl methyl sites for hydroxylation is 2. The molecule has 0 saturated carbocycles. The van der Waals surface area contributed by atoms with Crippen molar-refractivity contribution in [3.8, 4) is 5.75 Å². The molecule has 1 aromatic heterocycles. The molecule has 0 aliphatic heterocycles. The number of nitrogens with zero attached hydrogens (tertiary/aromatic N) is 1. The van der Waals surface area contributed by atoms with Crippen LogP contribution < -0.4 is 10.1 Å². The molecule has 5 aromatic rings. The number of hydrogen-bond acceptors (Lipinski definition) is 8. The number of rotatable bonds is 13. The van der Waals surface area contributed by atoms with Crippen molar-refractivity contribution >= 4 is 61.9 Å². The summed E-state index contributed by atoms with van der Waals surface area (Å²) in [6.45, 7) is 1.35. The van der Waals surface area contributed by atoms with Gasteiger partial charge in [0.1, 0.15) is 11.3 Å². The molecule has 0 bridgehead atoms. The van der Waals surface area contributed by atoms with Gasteiger partial charge in [-0.1, -0.05) is 59.8 Å². The fraction of sp³-hybridized carbons (Fsp3) is 0.182. The van der Waals surface area contributed by atoms with Crippen LogP contribution in [0.5, 0.6) is 5.75 Å². The van der Waals surface area contributed by atoms with Crippen molar-refractivity contribution in [2.75, 3.05) is 17.7 Å². The van der Waals surface area contributed by atoms with Gasteiger partial charge >= 0.3 is 5.97 Å². The number of aromatic nitrogens is 1. The van der Waals surface area contributed by atoms with Crippen LogP contribution in [0.25, 0.3) is 11.1 Å². The van der Waals surface area contributed by atoms with Gasteiger partial charge in [-0.3, -0.25) is 4.79 Å². The molecule has 0 radical (unpaired) electrons. The van der Waals surface area contributed by atoms with Crippen LogP contribution in [0.1, 0.15) is 33.5 Å². The molecule has 0 fully saturated rings. The number of nitrogens with one attached hydrogen (secondary N) is 1. The maximum Gasteiger partial charge on any atom is 0.341 e. The molecule has 0 unspecified atom stereocenters. The van der Waals surface area contributed by atoms with E-state index in [0.29, 0.717) is 34.4 Å². The largest absolute Gasteiger partial charge is 0.480 e. The number of thioether (sulfide) groups is 1. The molecule has 45 heavy (non-hydrogen) atoms. The van der Waals surface area contributed by atoms with Crippen molar-refractivity contribution in [3.63, 3.8) is 0 Å². The number of anilines is 1. The Kier molecular flexibility index (Phi) is 10.1. The average Bonchev–Trinajstić information content (AvgIpc) is 3.44. The third-order valence-corrected chi connectivity index (χ3v) is 9.85. The summed E-state index contributed by atoms with van der Waals surface area (Å²) in [6, 6.07) is 23.9. The topological polar surface area (TPSA) is 136 Å². The van der Waals surface area contributed by atoms with Crippen LogP contribution in [0.15, 0.2) is 99.5 Å². The van der Waals surface area contributed by atoms with Gasteiger partial charge in [0.15, 0.2) is 22.0 Å². The molecular formula is C33H29ClN2O7S2. The SMILES string of the molecule is Cc1cccc2nc(SCc3ccccc3C(=O)Nc3cc(CCCS(=O)(=O)c4ccc(Cl)cc4)ccc3OCC(=O)O)oc12. The molecular weight excluding hydrogens is 636 g/mol. The number of carboxylic acids is 1. The number of carbonyl (C=O) groups excluding carboxylic acids is 1. The van der Waals surface area contributed by atoms with Crippen molar-refractivity contribution in [2.24, 2.45) is 0 Å². The van der Waals surface area contributed by atoms with E-state index in [9.17, 15) is 18.0 Å². The van der Waals surface area contributed by atoms with Gasteiger partial charge in [0.25, 0.3) is 11.1 Å². The van der Waals surface area contributed by atoms with Gasteiger partial charge in [-0.05, 0) is 85.0 Å². The zero-order chi connectivity index (χ0) is 32.0. The quantitative estimate of drug-likeness (QED) is 0.125. The maximum atomic E-state index is 13.5. The molecule has 1 amide bonds. The van der Waals surface area contributed by atoms with Crippen LogP contribution in [0, 0.1) is 6.92 Å². The molecule has 232 valence electrons. The standard InChI is InChI=1S/C33H29ClN2O7S2/c1-21-6-4-10-27-31(21)43-33(36-27)44-20-23-8-2-3-9-26(23)32(39)35-28-18-22(11-16-29(28)42-19-30(37)38)7-5-17-45(40,41)25-14-12-24(34)13-15-25/h2-4,6,8-16,18H,5,7,17,19-20H2,1H3,(H,35,39)(H,37,38). The Hall–Kier alpha value is -4.32. The number of fused-ring (bicyclic) bond motifs is 1. The highest BCUT2D eigenvalue weighted by Gasteiger charge is 2.18. The van der Waals surface area contributed by atoms with Crippen LogP contribution in [-0.2, 0) is 26.8 Å². The fourth-order valence-corrected chi connectivity index (χ4v) is 6.92. The molecule has 0 atom stereocenters. The Labute approximate surface area is 269 Å². The predicted octanol–water partition coefficient (Wildman–Crippen LogP) is 7.20. The first kappa shape index (κ1) is 32.1. The third-order valence-electron chi connectivity index (χ3n) is 6.90. The number of carbonyl (C=O) groups is 2. The summed E-state index contributed by atoms with van der Waals surface area (Å²) < 4.78 is 36.9. The minimum absolute atomic E-state index is 0.0850. The van der Waals surface area contributed by atoms with Crippen molar-refractivity contribution in [1.29, 1.82) is 0 Å². The number of para-hydroxylation sites is 1. The Bertz CT molecular complexity index is 1960. The average molecular weight is 665 g/mol. The smallest absolute Gasteiger partial charge is 0.341 e. The summed E-state index contributed by atoms with van der Waals surface area (Å²) in [6.07, 6.45) is 0.717. The van der Waals surface area contributed by atoms with Gasteiger partial charge in [-0.15, -0.1) is 0 Å². The molecule has 5 rings (SSSR count). The highest BCUT2D eigenvalue weighted by Crippen LogP contribution is 2.31. The summed E-state index contributed by atoms with van der Waals surface area (Å²) >= 11 is 7.25. The summed E-state index contributed by atoms with van der Waals surface area (Å²) in [5.41, 5.74) is 4.65. The van der Waals surface area contributed by atoms with Crippen LogP contribution >= 0.6 is 23.4 Å². The number of sulfone groups is 1. The van der Waals surface area contributed by atoms with E-state index in [0.717, 1.165) is 27.8 Å². The number of ether oxygens (including phenoxy) is 1. The van der Waals surface area contributed by atoms with Crippen molar-refractivity contribution < 1.29 is 32.3 Å². The first-order valence-corrected chi connectivity index (χ1v) is 16.9. The summed E-state index contributed by atoms with van der Waals surface area (Å²) in [5.74, 6) is -1.07. The Morgan fingerprint density at radius 2 is 1.80 bits per heavy atom. The first-order chi connectivity index (χ1) is 21.6. The monoisotopic (exact) mass is 664 g/mol. The number of halogens is 1. The second-order valence-electron chi connectivity index (χ2n) is 10.2. The zero-order valence-corrected chi connectivity index (χ0v) is 26.5. The molecule has 0 aliphatic carbocycles. The third kappa shape index (κ3) is 8.24. The van der Waals surface area contributed by atoms with Gasteiger partial charge in [0.05, 0.1) is 16.3 Å². The van der Waals surface area contributed by atoms with Crippen LogP contribution in [0.4, 0.5) is 5.69 Å². The number of carboxylic acid groups (broad SMARTS) is 1.